The molecule has 1 heterocycles. The number of esters is 1. The quantitative estimate of drug-likeness (QED) is 0.202. The Morgan fingerprint density at radius 1 is 1.12 bits per heavy atom. The number of benzene rings is 2. The predicted molar refractivity (Wildman–Crippen MR) is 114 cm³/mol. The fourth-order valence-electron chi connectivity index (χ4n) is 3.14. The minimum absolute atomic E-state index is 0.0220. The van der Waals surface area contributed by atoms with Crippen LogP contribution >= 0.6 is 12.6 Å². The van der Waals surface area contributed by atoms with Gasteiger partial charge in [-0.1, -0.05) is 6.07 Å². The van der Waals surface area contributed by atoms with E-state index >= 15 is 0 Å². The molecule has 1 fully saturated rings. The van der Waals surface area contributed by atoms with E-state index in [1.807, 2.05) is 0 Å². The van der Waals surface area contributed by atoms with Gasteiger partial charge in [-0.05, 0) is 36.8 Å². The Morgan fingerprint density at radius 3 is 2.44 bits per heavy atom. The zero-order valence-corrected chi connectivity index (χ0v) is 17.2. The second-order valence-electron chi connectivity index (χ2n) is 6.89. The van der Waals surface area contributed by atoms with Gasteiger partial charge in [-0.15, -0.1) is 0 Å². The summed E-state index contributed by atoms with van der Waals surface area (Å²) < 4.78 is 4.84. The van der Waals surface area contributed by atoms with Gasteiger partial charge < -0.3 is 15.2 Å². The summed E-state index contributed by atoms with van der Waals surface area (Å²) in [6.45, 7) is 0.0444. The van der Waals surface area contributed by atoms with Gasteiger partial charge in [0.2, 0.25) is 5.91 Å². The molecule has 0 spiro atoms. The minimum atomic E-state index is -1.16. The van der Waals surface area contributed by atoms with Crippen molar-refractivity contribution in [3.63, 3.8) is 0 Å². The Hall–Kier alpha value is -3.93. The van der Waals surface area contributed by atoms with Gasteiger partial charge in [-0.3, -0.25) is 19.8 Å². The summed E-state index contributed by atoms with van der Waals surface area (Å²) in [5.74, 6) is -2.78. The highest BCUT2D eigenvalue weighted by Crippen LogP contribution is 2.25. The third kappa shape index (κ3) is 5.21. The highest BCUT2D eigenvalue weighted by Gasteiger charge is 2.40. The minimum Gasteiger partial charge on any atom is -0.478 e. The number of anilines is 1. The molecule has 1 aliphatic rings. The van der Waals surface area contributed by atoms with Crippen molar-refractivity contribution in [1.82, 2.24) is 4.90 Å². The smallest absolute Gasteiger partial charge is 0.418 e. The number of hydrogen-bond donors (Lipinski definition) is 3. The number of thiol groups is 1. The van der Waals surface area contributed by atoms with E-state index in [1.54, 1.807) is 0 Å². The van der Waals surface area contributed by atoms with E-state index in [9.17, 15) is 29.3 Å². The summed E-state index contributed by atoms with van der Waals surface area (Å²) in [5, 5.41) is 22.0. The maximum atomic E-state index is 12.7. The number of carbonyl (C=O) groups excluding carboxylic acids is 3. The van der Waals surface area contributed by atoms with E-state index in [0.717, 1.165) is 29.2 Å². The van der Waals surface area contributed by atoms with Crippen molar-refractivity contribution < 1.29 is 33.9 Å². The lowest BCUT2D eigenvalue weighted by molar-refractivity contribution is -0.384. The summed E-state index contributed by atoms with van der Waals surface area (Å²) in [4.78, 5) is 59.7. The topological polar surface area (TPSA) is 156 Å². The Morgan fingerprint density at radius 2 is 1.81 bits per heavy atom. The first-order valence-electron chi connectivity index (χ1n) is 9.25. The molecule has 0 radical (unpaired) electrons. The van der Waals surface area contributed by atoms with E-state index in [4.69, 9.17) is 9.84 Å². The molecule has 12 heteroatoms. The zero-order valence-electron chi connectivity index (χ0n) is 16.3. The molecule has 3 rings (SSSR count). The largest absolute Gasteiger partial charge is 0.478 e. The van der Waals surface area contributed by atoms with Crippen LogP contribution in [0.2, 0.25) is 0 Å². The number of likely N-dealkylation sites (tertiary alicyclic amines) is 1. The number of ether oxygens (including phenoxy) is 1. The fraction of sp³-hybridized carbons (Fsp3) is 0.200. The van der Waals surface area contributed by atoms with Crippen LogP contribution in [0, 0.1) is 10.1 Å². The highest BCUT2D eigenvalue weighted by molar-refractivity contribution is 7.81. The van der Waals surface area contributed by atoms with Gasteiger partial charge in [0, 0.05) is 29.6 Å². The molecule has 1 saturated heterocycles. The van der Waals surface area contributed by atoms with Crippen LogP contribution in [-0.2, 0) is 9.53 Å². The number of carbonyl (C=O) groups is 4. The number of aromatic carboxylic acids is 1. The van der Waals surface area contributed by atoms with Crippen molar-refractivity contribution in [1.29, 1.82) is 0 Å². The normalized spacial score (nSPS) is 17.5. The Bertz CT molecular complexity index is 1090. The first-order valence-corrected chi connectivity index (χ1v) is 9.77. The lowest BCUT2D eigenvalue weighted by atomic mass is 10.1. The first-order chi connectivity index (χ1) is 15.2. The van der Waals surface area contributed by atoms with Crippen molar-refractivity contribution in [3.05, 3.63) is 69.8 Å². The molecule has 2 atom stereocenters. The van der Waals surface area contributed by atoms with E-state index in [1.165, 1.54) is 24.3 Å². The van der Waals surface area contributed by atoms with Crippen LogP contribution in [0.5, 0.6) is 0 Å². The molecule has 2 amide bonds. The van der Waals surface area contributed by atoms with Crippen LogP contribution in [0.25, 0.3) is 0 Å². The standard InChI is InChI=1S/C20H17N3O8S/c24-17(21-13-3-1-2-12(8-13)18(25)26)16-9-15(32)10-22(16)20(28)31-19(27)11-4-6-14(7-5-11)23(29)30/h1-8,15-16,32H,9-10H2,(H,21,24)(H,25,26)/t15-,16-/m0/s1. The second kappa shape index (κ2) is 9.47. The first kappa shape index (κ1) is 22.7. The molecule has 2 aromatic rings. The average molecular weight is 459 g/mol. The number of amides is 2. The number of carboxylic acids is 1. The molecule has 0 aliphatic carbocycles. The molecular formula is C20H17N3O8S. The van der Waals surface area contributed by atoms with Crippen LogP contribution in [0.15, 0.2) is 48.5 Å². The molecule has 0 bridgehead atoms. The summed E-state index contributed by atoms with van der Waals surface area (Å²) in [6, 6.07) is 9.10. The number of nitrogens with zero attached hydrogens (tertiary/aromatic N) is 2. The van der Waals surface area contributed by atoms with E-state index in [2.05, 4.69) is 17.9 Å². The van der Waals surface area contributed by atoms with Gasteiger partial charge in [0.05, 0.1) is 16.1 Å². The van der Waals surface area contributed by atoms with Crippen molar-refractivity contribution >= 4 is 47.9 Å². The van der Waals surface area contributed by atoms with Gasteiger partial charge >= 0.3 is 18.0 Å². The van der Waals surface area contributed by atoms with Crippen molar-refractivity contribution in [2.24, 2.45) is 0 Å². The number of nitro benzene ring substituents is 1. The molecule has 1 aliphatic heterocycles. The molecule has 2 N–H and O–H groups in total. The predicted octanol–water partition coefficient (Wildman–Crippen LogP) is 2.58. The number of hydrogen-bond acceptors (Lipinski definition) is 8. The highest BCUT2D eigenvalue weighted by atomic mass is 32.1. The SMILES string of the molecule is O=C(O)c1cccc(NC(=O)[C@@H]2C[C@H](S)CN2C(=O)OC(=O)c2ccc([N+](=O)[O-])cc2)c1. The molecule has 166 valence electrons. The zero-order chi connectivity index (χ0) is 23.4. The molecule has 0 saturated carbocycles. The van der Waals surface area contributed by atoms with E-state index in [-0.39, 0.29) is 40.7 Å². The van der Waals surface area contributed by atoms with E-state index in [0.29, 0.717) is 0 Å². The number of non-ortho nitro benzene ring substituents is 1. The van der Waals surface area contributed by atoms with Gasteiger partial charge in [0.1, 0.15) is 6.04 Å². The monoisotopic (exact) mass is 459 g/mol. The van der Waals surface area contributed by atoms with Gasteiger partial charge in [0.25, 0.3) is 5.69 Å². The Balaban J connectivity index is 1.69. The van der Waals surface area contributed by atoms with Crippen LogP contribution in [0.3, 0.4) is 0 Å². The summed E-state index contributed by atoms with van der Waals surface area (Å²) in [6.07, 6.45) is -0.877. The maximum absolute atomic E-state index is 12.7. The summed E-state index contributed by atoms with van der Waals surface area (Å²) in [7, 11) is 0. The molecule has 32 heavy (non-hydrogen) atoms. The second-order valence-corrected chi connectivity index (χ2v) is 7.62. The van der Waals surface area contributed by atoms with E-state index < -0.39 is 34.9 Å². The van der Waals surface area contributed by atoms with Crippen LogP contribution in [-0.4, -0.2) is 56.7 Å². The van der Waals surface area contributed by atoms with Gasteiger partial charge in [-0.25, -0.2) is 14.4 Å². The molecule has 11 nitrogen and oxygen atoms in total. The number of nitrogens with one attached hydrogen (secondary N) is 1. The van der Waals surface area contributed by atoms with Crippen molar-refractivity contribution in [2.45, 2.75) is 17.7 Å². The third-order valence-corrected chi connectivity index (χ3v) is 5.06. The maximum Gasteiger partial charge on any atom is 0.418 e. The van der Waals surface area contributed by atoms with Crippen molar-refractivity contribution in [2.75, 3.05) is 11.9 Å². The average Bonchev–Trinajstić information content (AvgIpc) is 3.16. The lowest BCUT2D eigenvalue weighted by Crippen LogP contribution is -2.44. The molecular weight excluding hydrogens is 442 g/mol. The molecule has 0 unspecified atom stereocenters. The Kier molecular flexibility index (Phi) is 6.73. The Labute approximate surface area is 186 Å². The van der Waals surface area contributed by atoms with Gasteiger partial charge in [0.15, 0.2) is 0 Å². The lowest BCUT2D eigenvalue weighted by Gasteiger charge is -2.22. The van der Waals surface area contributed by atoms with Crippen LogP contribution in [0.4, 0.5) is 16.2 Å². The van der Waals surface area contributed by atoms with Crippen molar-refractivity contribution in [3.8, 4) is 0 Å². The number of carboxylic acid groups (broad SMARTS) is 1. The number of rotatable bonds is 5. The van der Waals surface area contributed by atoms with Gasteiger partial charge in [-0.2, -0.15) is 12.6 Å². The number of nitro groups is 1. The fourth-order valence-corrected chi connectivity index (χ4v) is 3.51. The molecule has 2 aromatic carbocycles. The molecule has 0 aromatic heterocycles. The summed E-state index contributed by atoms with van der Waals surface area (Å²) >= 11 is 4.30. The third-order valence-electron chi connectivity index (χ3n) is 4.69. The van der Waals surface area contributed by atoms with Crippen LogP contribution < -0.4 is 5.32 Å². The van der Waals surface area contributed by atoms with Crippen LogP contribution in [0.1, 0.15) is 27.1 Å². The summed E-state index contributed by atoms with van der Waals surface area (Å²) in [5.41, 5.74) is -0.0925.